The van der Waals surface area contributed by atoms with Crippen molar-refractivity contribution < 1.29 is 4.74 Å². The van der Waals surface area contributed by atoms with Gasteiger partial charge in [0, 0.05) is 19.8 Å². The Hall–Kier alpha value is -0.0800. The lowest BCUT2D eigenvalue weighted by atomic mass is 10.2. The van der Waals surface area contributed by atoms with E-state index in [1.165, 1.54) is 45.1 Å². The molecule has 1 rings (SSSR count). The third-order valence-electron chi connectivity index (χ3n) is 2.29. The van der Waals surface area contributed by atoms with E-state index < -0.39 is 0 Å². The Morgan fingerprint density at radius 2 is 1.92 bits per heavy atom. The lowest BCUT2D eigenvalue weighted by Gasteiger charge is -2.02. The fraction of sp³-hybridized carbons (Fsp3) is 1.00. The van der Waals surface area contributed by atoms with Crippen LogP contribution in [0.2, 0.25) is 0 Å². The average molecular weight is 171 g/mol. The molecule has 0 aromatic rings. The Morgan fingerprint density at radius 3 is 2.58 bits per heavy atom. The van der Waals surface area contributed by atoms with Crippen LogP contribution < -0.4 is 5.32 Å². The maximum Gasteiger partial charge on any atom is 0.0462 e. The summed E-state index contributed by atoms with van der Waals surface area (Å²) in [5.41, 5.74) is 0. The predicted octanol–water partition coefficient (Wildman–Crippen LogP) is 1.95. The number of nitrogens with one attached hydrogen (secondary N) is 1. The van der Waals surface area contributed by atoms with Crippen LogP contribution in [0, 0.1) is 0 Å². The van der Waals surface area contributed by atoms with Gasteiger partial charge in [0.2, 0.25) is 0 Å². The van der Waals surface area contributed by atoms with Gasteiger partial charge in [0.05, 0.1) is 0 Å². The lowest BCUT2D eigenvalue weighted by molar-refractivity contribution is 0.192. The topological polar surface area (TPSA) is 21.3 Å². The minimum absolute atomic E-state index is 0.879. The molecule has 0 unspecified atom stereocenters. The van der Waals surface area contributed by atoms with Crippen molar-refractivity contribution in [1.29, 1.82) is 0 Å². The molecule has 0 amide bonds. The molecule has 12 heavy (non-hydrogen) atoms. The minimum atomic E-state index is 0.879. The van der Waals surface area contributed by atoms with Crippen LogP contribution in [0.1, 0.15) is 38.5 Å². The molecule has 1 aliphatic carbocycles. The largest absolute Gasteiger partial charge is 0.385 e. The van der Waals surface area contributed by atoms with E-state index in [9.17, 15) is 0 Å². The molecule has 2 heteroatoms. The molecule has 0 spiro atoms. The summed E-state index contributed by atoms with van der Waals surface area (Å²) < 4.78 is 4.98. The minimum Gasteiger partial charge on any atom is -0.385 e. The first-order valence-corrected chi connectivity index (χ1v) is 5.16. The van der Waals surface area contributed by atoms with Crippen LogP contribution in [-0.2, 0) is 4.74 Å². The third-order valence-corrected chi connectivity index (χ3v) is 2.29. The molecule has 0 saturated heterocycles. The van der Waals surface area contributed by atoms with Crippen molar-refractivity contribution in [3.8, 4) is 0 Å². The zero-order valence-electron chi connectivity index (χ0n) is 8.14. The highest BCUT2D eigenvalue weighted by Gasteiger charge is 2.19. The van der Waals surface area contributed by atoms with Gasteiger partial charge >= 0.3 is 0 Å². The maximum absolute atomic E-state index is 4.98. The fourth-order valence-corrected chi connectivity index (χ4v) is 1.32. The number of rotatable bonds is 8. The first-order chi connectivity index (χ1) is 5.93. The van der Waals surface area contributed by atoms with Crippen LogP contribution in [0.25, 0.3) is 0 Å². The quantitative estimate of drug-likeness (QED) is 0.564. The monoisotopic (exact) mass is 171 g/mol. The van der Waals surface area contributed by atoms with E-state index >= 15 is 0 Å². The Bertz CT molecular complexity index is 102. The zero-order valence-corrected chi connectivity index (χ0v) is 8.14. The van der Waals surface area contributed by atoms with Gasteiger partial charge in [-0.1, -0.05) is 12.8 Å². The lowest BCUT2D eigenvalue weighted by Crippen LogP contribution is -2.17. The van der Waals surface area contributed by atoms with Gasteiger partial charge in [-0.2, -0.15) is 0 Å². The van der Waals surface area contributed by atoms with Gasteiger partial charge in [-0.15, -0.1) is 0 Å². The molecular weight excluding hydrogens is 150 g/mol. The van der Waals surface area contributed by atoms with Gasteiger partial charge in [0.15, 0.2) is 0 Å². The molecule has 0 aromatic heterocycles. The first-order valence-electron chi connectivity index (χ1n) is 5.16. The Kier molecular flexibility index (Phi) is 5.37. The summed E-state index contributed by atoms with van der Waals surface area (Å²) in [7, 11) is 1.77. The molecule has 1 fully saturated rings. The second kappa shape index (κ2) is 6.44. The Morgan fingerprint density at radius 1 is 1.17 bits per heavy atom. The van der Waals surface area contributed by atoms with Crippen molar-refractivity contribution in [1.82, 2.24) is 5.32 Å². The molecule has 0 aromatic carbocycles. The molecule has 0 heterocycles. The van der Waals surface area contributed by atoms with Gasteiger partial charge in [0.1, 0.15) is 0 Å². The molecule has 0 radical (unpaired) electrons. The summed E-state index contributed by atoms with van der Waals surface area (Å²) in [4.78, 5) is 0. The van der Waals surface area contributed by atoms with E-state index in [2.05, 4.69) is 5.32 Å². The molecule has 0 atom stereocenters. The van der Waals surface area contributed by atoms with E-state index in [0.717, 1.165) is 12.6 Å². The molecule has 2 nitrogen and oxygen atoms in total. The number of hydrogen-bond donors (Lipinski definition) is 1. The van der Waals surface area contributed by atoms with Crippen molar-refractivity contribution in [2.75, 3.05) is 20.3 Å². The number of unbranched alkanes of at least 4 members (excludes halogenated alkanes) is 3. The number of ether oxygens (including phenoxy) is 1. The van der Waals surface area contributed by atoms with E-state index in [0.29, 0.717) is 0 Å². The van der Waals surface area contributed by atoms with Gasteiger partial charge in [-0.3, -0.25) is 0 Å². The standard InChI is InChI=1S/C10H21NO/c1-12-9-5-3-2-4-8-11-10-6-7-10/h10-11H,2-9H2,1H3. The Balaban J connectivity index is 1.65. The van der Waals surface area contributed by atoms with Crippen LogP contribution in [-0.4, -0.2) is 26.3 Å². The van der Waals surface area contributed by atoms with Crippen LogP contribution >= 0.6 is 0 Å². The zero-order chi connectivity index (χ0) is 8.65. The summed E-state index contributed by atoms with van der Waals surface area (Å²) in [5, 5.41) is 3.52. The van der Waals surface area contributed by atoms with Crippen LogP contribution in [0.4, 0.5) is 0 Å². The van der Waals surface area contributed by atoms with Crippen LogP contribution in [0.3, 0.4) is 0 Å². The van der Waals surface area contributed by atoms with Gasteiger partial charge in [-0.05, 0) is 32.2 Å². The highest BCUT2D eigenvalue weighted by Crippen LogP contribution is 2.18. The van der Waals surface area contributed by atoms with Crippen molar-refractivity contribution >= 4 is 0 Å². The Labute approximate surface area is 75.7 Å². The molecular formula is C10H21NO. The summed E-state index contributed by atoms with van der Waals surface area (Å²) in [6.07, 6.45) is 8.04. The van der Waals surface area contributed by atoms with Crippen molar-refractivity contribution in [3.05, 3.63) is 0 Å². The molecule has 0 bridgehead atoms. The average Bonchev–Trinajstić information content (AvgIpc) is 2.87. The molecule has 72 valence electrons. The summed E-state index contributed by atoms with van der Waals surface area (Å²) in [6, 6.07) is 0.879. The first kappa shape index (κ1) is 10.0. The summed E-state index contributed by atoms with van der Waals surface area (Å²) >= 11 is 0. The van der Waals surface area contributed by atoms with E-state index in [-0.39, 0.29) is 0 Å². The molecule has 1 N–H and O–H groups in total. The van der Waals surface area contributed by atoms with Crippen LogP contribution in [0.15, 0.2) is 0 Å². The fourth-order valence-electron chi connectivity index (χ4n) is 1.32. The van der Waals surface area contributed by atoms with Gasteiger partial charge in [-0.25, -0.2) is 0 Å². The second-order valence-corrected chi connectivity index (χ2v) is 3.64. The number of hydrogen-bond acceptors (Lipinski definition) is 2. The summed E-state index contributed by atoms with van der Waals surface area (Å²) in [5.74, 6) is 0. The highest BCUT2D eigenvalue weighted by atomic mass is 16.5. The molecule has 0 aliphatic heterocycles. The van der Waals surface area contributed by atoms with Crippen molar-refractivity contribution in [3.63, 3.8) is 0 Å². The maximum atomic E-state index is 4.98. The highest BCUT2D eigenvalue weighted by molar-refractivity contribution is 4.80. The van der Waals surface area contributed by atoms with E-state index in [1.54, 1.807) is 7.11 Å². The van der Waals surface area contributed by atoms with E-state index in [4.69, 9.17) is 4.74 Å². The molecule has 1 aliphatic rings. The SMILES string of the molecule is COCCCCCCNC1CC1. The predicted molar refractivity (Wildman–Crippen MR) is 51.4 cm³/mol. The second-order valence-electron chi connectivity index (χ2n) is 3.64. The third kappa shape index (κ3) is 5.56. The molecule has 1 saturated carbocycles. The summed E-state index contributed by atoms with van der Waals surface area (Å²) in [6.45, 7) is 2.15. The van der Waals surface area contributed by atoms with Crippen molar-refractivity contribution in [2.24, 2.45) is 0 Å². The van der Waals surface area contributed by atoms with E-state index in [1.807, 2.05) is 0 Å². The smallest absolute Gasteiger partial charge is 0.0462 e. The van der Waals surface area contributed by atoms with Crippen LogP contribution in [0.5, 0.6) is 0 Å². The van der Waals surface area contributed by atoms with Gasteiger partial charge < -0.3 is 10.1 Å². The normalized spacial score (nSPS) is 16.8. The number of methoxy groups -OCH3 is 1. The van der Waals surface area contributed by atoms with Crippen molar-refractivity contribution in [2.45, 2.75) is 44.6 Å². The van der Waals surface area contributed by atoms with Gasteiger partial charge in [0.25, 0.3) is 0 Å².